The molecular formula is C21H34N2O5S. The molecule has 0 unspecified atom stereocenters. The van der Waals surface area contributed by atoms with E-state index in [1.54, 1.807) is 13.8 Å². The van der Waals surface area contributed by atoms with E-state index >= 15 is 0 Å². The van der Waals surface area contributed by atoms with Crippen LogP contribution in [0, 0.1) is 5.92 Å². The Kier molecular flexibility index (Phi) is 8.48. The van der Waals surface area contributed by atoms with Gasteiger partial charge in [0, 0.05) is 12.0 Å². The van der Waals surface area contributed by atoms with Crippen molar-refractivity contribution in [3.63, 3.8) is 0 Å². The molecule has 1 aliphatic carbocycles. The first-order chi connectivity index (χ1) is 13.7. The van der Waals surface area contributed by atoms with Gasteiger partial charge in [-0.25, -0.2) is 18.6 Å². The SMILES string of the molecule is CCOc1cccc(CONC(=O)C2CCC(NS(=O)(=O)C(C)(C)CC)CC2)c1. The summed E-state index contributed by atoms with van der Waals surface area (Å²) < 4.78 is 32.5. The first-order valence-corrected chi connectivity index (χ1v) is 11.8. The Hall–Kier alpha value is -1.64. The number of carbonyl (C=O) groups excluding carboxylic acids is 1. The van der Waals surface area contributed by atoms with Crippen LogP contribution in [0.1, 0.15) is 65.4 Å². The van der Waals surface area contributed by atoms with Crippen molar-refractivity contribution < 1.29 is 22.8 Å². The molecule has 1 amide bonds. The zero-order valence-electron chi connectivity index (χ0n) is 17.9. The van der Waals surface area contributed by atoms with Gasteiger partial charge in [-0.3, -0.25) is 9.63 Å². The van der Waals surface area contributed by atoms with Crippen LogP contribution in [0.5, 0.6) is 5.75 Å². The average molecular weight is 427 g/mol. The molecule has 1 saturated carbocycles. The maximum atomic E-state index is 12.5. The van der Waals surface area contributed by atoms with Crippen LogP contribution in [0.3, 0.4) is 0 Å². The predicted molar refractivity (Wildman–Crippen MR) is 113 cm³/mol. The molecular weight excluding hydrogens is 392 g/mol. The van der Waals surface area contributed by atoms with Gasteiger partial charge in [0.1, 0.15) is 5.75 Å². The van der Waals surface area contributed by atoms with Crippen LogP contribution in [0.25, 0.3) is 0 Å². The highest BCUT2D eigenvalue weighted by Gasteiger charge is 2.36. The molecule has 2 rings (SSSR count). The highest BCUT2D eigenvalue weighted by atomic mass is 32.2. The summed E-state index contributed by atoms with van der Waals surface area (Å²) in [6, 6.07) is 7.43. The normalized spacial score (nSPS) is 20.3. The number of sulfonamides is 1. The number of rotatable bonds is 10. The van der Waals surface area contributed by atoms with Crippen LogP contribution in [0.4, 0.5) is 0 Å². The first-order valence-electron chi connectivity index (χ1n) is 10.3. The standard InChI is InChI=1S/C21H34N2O5S/c1-5-21(3,4)29(25,26)23-18-12-10-17(11-13-18)20(24)22-28-15-16-8-7-9-19(14-16)27-6-2/h7-9,14,17-18,23H,5-6,10-13,15H2,1-4H3,(H,22,24). The lowest BCUT2D eigenvalue weighted by Gasteiger charge is -2.31. The second kappa shape index (κ2) is 10.4. The van der Waals surface area contributed by atoms with Crippen LogP contribution < -0.4 is 14.9 Å². The third kappa shape index (κ3) is 6.69. The fraction of sp³-hybridized carbons (Fsp3) is 0.667. The monoisotopic (exact) mass is 426 g/mol. The van der Waals surface area contributed by atoms with Crippen molar-refractivity contribution in [3.8, 4) is 5.75 Å². The van der Waals surface area contributed by atoms with Crippen LogP contribution in [-0.2, 0) is 26.3 Å². The largest absolute Gasteiger partial charge is 0.494 e. The molecule has 164 valence electrons. The molecule has 1 fully saturated rings. The summed E-state index contributed by atoms with van der Waals surface area (Å²) >= 11 is 0. The van der Waals surface area contributed by atoms with Crippen molar-refractivity contribution in [2.45, 2.75) is 77.2 Å². The van der Waals surface area contributed by atoms with Gasteiger partial charge in [0.15, 0.2) is 0 Å². The highest BCUT2D eigenvalue weighted by Crippen LogP contribution is 2.27. The molecule has 0 spiro atoms. The van der Waals surface area contributed by atoms with Gasteiger partial charge in [0.2, 0.25) is 15.9 Å². The average Bonchev–Trinajstić information content (AvgIpc) is 2.68. The molecule has 1 aromatic rings. The summed E-state index contributed by atoms with van der Waals surface area (Å²) in [5.41, 5.74) is 3.44. The first kappa shape index (κ1) is 23.6. The van der Waals surface area contributed by atoms with E-state index in [0.717, 1.165) is 11.3 Å². The summed E-state index contributed by atoms with van der Waals surface area (Å²) in [6.07, 6.45) is 3.11. The van der Waals surface area contributed by atoms with Gasteiger partial charge < -0.3 is 4.74 Å². The Bertz CT molecular complexity index is 771. The van der Waals surface area contributed by atoms with Crippen molar-refractivity contribution in [1.29, 1.82) is 0 Å². The molecule has 0 aliphatic heterocycles. The van der Waals surface area contributed by atoms with Crippen molar-refractivity contribution in [3.05, 3.63) is 29.8 Å². The predicted octanol–water partition coefficient (Wildman–Crippen LogP) is 3.30. The van der Waals surface area contributed by atoms with Crippen LogP contribution in [0.15, 0.2) is 24.3 Å². The molecule has 29 heavy (non-hydrogen) atoms. The molecule has 1 aromatic carbocycles. The lowest BCUT2D eigenvalue weighted by molar-refractivity contribution is -0.139. The van der Waals surface area contributed by atoms with E-state index in [-0.39, 0.29) is 24.5 Å². The van der Waals surface area contributed by atoms with E-state index < -0.39 is 14.8 Å². The molecule has 2 N–H and O–H groups in total. The molecule has 7 nitrogen and oxygen atoms in total. The maximum Gasteiger partial charge on any atom is 0.246 e. The van der Waals surface area contributed by atoms with Gasteiger partial charge in [-0.15, -0.1) is 0 Å². The zero-order valence-corrected chi connectivity index (χ0v) is 18.7. The van der Waals surface area contributed by atoms with Gasteiger partial charge in [-0.2, -0.15) is 0 Å². The molecule has 0 atom stereocenters. The van der Waals surface area contributed by atoms with Crippen molar-refractivity contribution >= 4 is 15.9 Å². The van der Waals surface area contributed by atoms with Gasteiger partial charge in [0.25, 0.3) is 0 Å². The molecule has 8 heteroatoms. The summed E-state index contributed by atoms with van der Waals surface area (Å²) in [7, 11) is -3.39. The lowest BCUT2D eigenvalue weighted by atomic mass is 9.86. The van der Waals surface area contributed by atoms with Gasteiger partial charge in [-0.05, 0) is 70.6 Å². The molecule has 0 saturated heterocycles. The summed E-state index contributed by atoms with van der Waals surface area (Å²) in [5.74, 6) is 0.456. The third-order valence-corrected chi connectivity index (χ3v) is 8.01. The molecule has 0 heterocycles. The number of benzene rings is 1. The van der Waals surface area contributed by atoms with Crippen LogP contribution >= 0.6 is 0 Å². The third-order valence-electron chi connectivity index (χ3n) is 5.62. The number of hydrogen-bond donors (Lipinski definition) is 2. The van der Waals surface area contributed by atoms with Crippen molar-refractivity contribution in [2.24, 2.45) is 5.92 Å². The van der Waals surface area contributed by atoms with E-state index in [2.05, 4.69) is 10.2 Å². The smallest absolute Gasteiger partial charge is 0.246 e. The number of hydroxylamine groups is 1. The zero-order chi connectivity index (χ0) is 21.5. The van der Waals surface area contributed by atoms with Gasteiger partial charge in [-0.1, -0.05) is 19.1 Å². The Morgan fingerprint density at radius 3 is 2.48 bits per heavy atom. The van der Waals surface area contributed by atoms with Gasteiger partial charge in [0.05, 0.1) is 18.0 Å². The Morgan fingerprint density at radius 2 is 1.86 bits per heavy atom. The number of ether oxygens (including phenoxy) is 1. The highest BCUT2D eigenvalue weighted by molar-refractivity contribution is 7.90. The second-order valence-electron chi connectivity index (χ2n) is 8.12. The van der Waals surface area contributed by atoms with Crippen molar-refractivity contribution in [1.82, 2.24) is 10.2 Å². The summed E-state index contributed by atoms with van der Waals surface area (Å²) in [4.78, 5) is 17.7. The van der Waals surface area contributed by atoms with E-state index in [4.69, 9.17) is 9.57 Å². The lowest BCUT2D eigenvalue weighted by Crippen LogP contribution is -2.47. The Balaban J connectivity index is 1.75. The minimum atomic E-state index is -3.39. The minimum Gasteiger partial charge on any atom is -0.494 e. The van der Waals surface area contributed by atoms with E-state index in [1.165, 1.54) is 0 Å². The number of carbonyl (C=O) groups is 1. The quantitative estimate of drug-likeness (QED) is 0.560. The summed E-state index contributed by atoms with van der Waals surface area (Å²) in [5, 5.41) is 0. The topological polar surface area (TPSA) is 93.7 Å². The van der Waals surface area contributed by atoms with E-state index in [9.17, 15) is 13.2 Å². The fourth-order valence-corrected chi connectivity index (χ4v) is 4.58. The molecule has 1 aliphatic rings. The summed E-state index contributed by atoms with van der Waals surface area (Å²) in [6.45, 7) is 8.11. The molecule has 0 aromatic heterocycles. The Morgan fingerprint density at radius 1 is 1.17 bits per heavy atom. The van der Waals surface area contributed by atoms with E-state index in [1.807, 2.05) is 38.1 Å². The fourth-order valence-electron chi connectivity index (χ4n) is 3.21. The number of nitrogens with one attached hydrogen (secondary N) is 2. The molecule has 0 bridgehead atoms. The molecule has 0 radical (unpaired) electrons. The van der Waals surface area contributed by atoms with Crippen LogP contribution in [-0.4, -0.2) is 31.7 Å². The van der Waals surface area contributed by atoms with Gasteiger partial charge >= 0.3 is 0 Å². The maximum absolute atomic E-state index is 12.5. The Labute approximate surface area is 174 Å². The second-order valence-corrected chi connectivity index (χ2v) is 10.5. The van der Waals surface area contributed by atoms with E-state index in [0.29, 0.717) is 38.7 Å². The minimum absolute atomic E-state index is 0.114. The van der Waals surface area contributed by atoms with Crippen molar-refractivity contribution in [2.75, 3.05) is 6.61 Å². The number of hydrogen-bond acceptors (Lipinski definition) is 5. The number of amides is 1. The van der Waals surface area contributed by atoms with Crippen LogP contribution in [0.2, 0.25) is 0 Å².